The molecule has 1 heterocycles. The van der Waals surface area contributed by atoms with Crippen LogP contribution in [0.15, 0.2) is 29.2 Å². The number of carboxylic acids is 1. The number of hydrogen-bond acceptors (Lipinski definition) is 4. The van der Waals surface area contributed by atoms with Gasteiger partial charge in [0.05, 0.1) is 4.91 Å². The van der Waals surface area contributed by atoms with Gasteiger partial charge in [-0.2, -0.15) is 0 Å². The van der Waals surface area contributed by atoms with Crippen LogP contribution in [-0.4, -0.2) is 32.7 Å². The summed E-state index contributed by atoms with van der Waals surface area (Å²) < 4.78 is 0.284. The molecular formula is C13H11NO3S2. The van der Waals surface area contributed by atoms with Crippen LogP contribution in [0.1, 0.15) is 11.1 Å². The van der Waals surface area contributed by atoms with Crippen molar-refractivity contribution in [3.8, 4) is 0 Å². The van der Waals surface area contributed by atoms with Crippen molar-refractivity contribution in [2.24, 2.45) is 0 Å². The van der Waals surface area contributed by atoms with Gasteiger partial charge in [-0.25, -0.2) is 0 Å². The SMILES string of the molecule is Cc1cccc(/C=C2/SC(=S)N(CC(=O)O)C2=O)c1. The molecule has 98 valence electrons. The number of thioether (sulfide) groups is 1. The molecule has 0 bridgehead atoms. The number of hydrogen-bond donors (Lipinski definition) is 1. The summed E-state index contributed by atoms with van der Waals surface area (Å²) in [6, 6.07) is 7.70. The molecule has 2 rings (SSSR count). The van der Waals surface area contributed by atoms with Crippen LogP contribution in [-0.2, 0) is 9.59 Å². The minimum absolute atomic E-state index is 0.284. The second-order valence-electron chi connectivity index (χ2n) is 4.08. The molecule has 1 N–H and O–H groups in total. The van der Waals surface area contributed by atoms with Crippen molar-refractivity contribution in [1.82, 2.24) is 4.90 Å². The summed E-state index contributed by atoms with van der Waals surface area (Å²) in [6.07, 6.45) is 1.73. The first kappa shape index (κ1) is 13.8. The van der Waals surface area contributed by atoms with Crippen LogP contribution in [0.2, 0.25) is 0 Å². The minimum Gasteiger partial charge on any atom is -0.480 e. The lowest BCUT2D eigenvalue weighted by atomic mass is 10.1. The van der Waals surface area contributed by atoms with E-state index in [2.05, 4.69) is 0 Å². The lowest BCUT2D eigenvalue weighted by molar-refractivity contribution is -0.140. The van der Waals surface area contributed by atoms with Crippen LogP contribution in [0.3, 0.4) is 0 Å². The molecule has 0 aromatic heterocycles. The van der Waals surface area contributed by atoms with Crippen LogP contribution in [0, 0.1) is 6.92 Å². The summed E-state index contributed by atoms with van der Waals surface area (Å²) in [7, 11) is 0. The van der Waals surface area contributed by atoms with E-state index in [0.29, 0.717) is 4.91 Å². The average Bonchev–Trinajstić information content (AvgIpc) is 2.57. The molecule has 1 fully saturated rings. The highest BCUT2D eigenvalue weighted by Gasteiger charge is 2.33. The van der Waals surface area contributed by atoms with Crippen LogP contribution in [0.25, 0.3) is 6.08 Å². The number of thiocarbonyl (C=S) groups is 1. The Morgan fingerprint density at radius 2 is 2.26 bits per heavy atom. The number of amides is 1. The van der Waals surface area contributed by atoms with E-state index in [1.54, 1.807) is 6.08 Å². The van der Waals surface area contributed by atoms with Gasteiger partial charge >= 0.3 is 5.97 Å². The summed E-state index contributed by atoms with van der Waals surface area (Å²) in [4.78, 5) is 24.3. The van der Waals surface area contributed by atoms with E-state index in [1.165, 1.54) is 0 Å². The van der Waals surface area contributed by atoms with Crippen LogP contribution >= 0.6 is 24.0 Å². The molecule has 1 saturated heterocycles. The highest BCUT2D eigenvalue weighted by molar-refractivity contribution is 8.26. The van der Waals surface area contributed by atoms with Gasteiger partial charge in [0.2, 0.25) is 0 Å². The predicted molar refractivity (Wildman–Crippen MR) is 78.7 cm³/mol. The smallest absolute Gasteiger partial charge is 0.323 e. The lowest BCUT2D eigenvalue weighted by Gasteiger charge is -2.10. The highest BCUT2D eigenvalue weighted by atomic mass is 32.2. The molecule has 1 aromatic rings. The van der Waals surface area contributed by atoms with Crippen LogP contribution in [0.5, 0.6) is 0 Å². The molecule has 0 atom stereocenters. The van der Waals surface area contributed by atoms with Crippen molar-refractivity contribution in [2.45, 2.75) is 6.92 Å². The number of rotatable bonds is 3. The fraction of sp³-hybridized carbons (Fsp3) is 0.154. The molecule has 0 radical (unpaired) electrons. The summed E-state index contributed by atoms with van der Waals surface area (Å²) in [5.41, 5.74) is 1.99. The highest BCUT2D eigenvalue weighted by Crippen LogP contribution is 2.32. The molecule has 4 nitrogen and oxygen atoms in total. The maximum atomic E-state index is 12.0. The number of aliphatic carboxylic acids is 1. The Morgan fingerprint density at radius 3 is 2.89 bits per heavy atom. The molecule has 1 amide bonds. The van der Waals surface area contributed by atoms with Gasteiger partial charge < -0.3 is 5.11 Å². The Hall–Kier alpha value is -1.66. The maximum absolute atomic E-state index is 12.0. The topological polar surface area (TPSA) is 57.6 Å². The van der Waals surface area contributed by atoms with Gasteiger partial charge in [-0.05, 0) is 18.6 Å². The van der Waals surface area contributed by atoms with E-state index in [4.69, 9.17) is 17.3 Å². The number of carboxylic acid groups (broad SMARTS) is 1. The first-order valence-electron chi connectivity index (χ1n) is 5.51. The molecule has 6 heteroatoms. The third kappa shape index (κ3) is 3.21. The summed E-state index contributed by atoms with van der Waals surface area (Å²) >= 11 is 6.15. The molecule has 1 aliphatic heterocycles. The van der Waals surface area contributed by atoms with Crippen molar-refractivity contribution in [2.75, 3.05) is 6.54 Å². The number of aryl methyl sites for hydroxylation is 1. The number of carbonyl (C=O) groups is 2. The van der Waals surface area contributed by atoms with Gasteiger partial charge in [0.1, 0.15) is 10.9 Å². The van der Waals surface area contributed by atoms with Crippen LogP contribution < -0.4 is 0 Å². The number of nitrogens with zero attached hydrogens (tertiary/aromatic N) is 1. The van der Waals surface area contributed by atoms with E-state index in [-0.39, 0.29) is 10.2 Å². The first-order valence-corrected chi connectivity index (χ1v) is 6.73. The van der Waals surface area contributed by atoms with Gasteiger partial charge in [0, 0.05) is 0 Å². The van der Waals surface area contributed by atoms with Gasteiger partial charge in [-0.3, -0.25) is 14.5 Å². The third-order valence-electron chi connectivity index (χ3n) is 2.51. The van der Waals surface area contributed by atoms with Crippen molar-refractivity contribution >= 4 is 46.3 Å². The van der Waals surface area contributed by atoms with Gasteiger partial charge in [0.15, 0.2) is 0 Å². The predicted octanol–water partition coefficient (Wildman–Crippen LogP) is 2.28. The quantitative estimate of drug-likeness (QED) is 0.684. The standard InChI is InChI=1S/C13H11NO3S2/c1-8-3-2-4-9(5-8)6-10-12(17)14(7-11(15)16)13(18)19-10/h2-6H,7H2,1H3,(H,15,16)/b10-6+. The molecule has 1 aliphatic rings. The summed E-state index contributed by atoms with van der Waals surface area (Å²) in [6.45, 7) is 1.57. The fourth-order valence-electron chi connectivity index (χ4n) is 1.68. The number of carbonyl (C=O) groups excluding carboxylic acids is 1. The van der Waals surface area contributed by atoms with Gasteiger partial charge in [-0.1, -0.05) is 53.8 Å². The zero-order valence-electron chi connectivity index (χ0n) is 10.1. The number of benzene rings is 1. The van der Waals surface area contributed by atoms with E-state index in [9.17, 15) is 9.59 Å². The molecule has 19 heavy (non-hydrogen) atoms. The Kier molecular flexibility index (Phi) is 4.01. The first-order chi connectivity index (χ1) is 8.97. The summed E-state index contributed by atoms with van der Waals surface area (Å²) in [5, 5.41) is 8.74. The maximum Gasteiger partial charge on any atom is 0.323 e. The van der Waals surface area contributed by atoms with Gasteiger partial charge in [-0.15, -0.1) is 0 Å². The van der Waals surface area contributed by atoms with Crippen LogP contribution in [0.4, 0.5) is 0 Å². The minimum atomic E-state index is -1.08. The van der Waals surface area contributed by atoms with E-state index in [0.717, 1.165) is 27.8 Å². The monoisotopic (exact) mass is 293 g/mol. The summed E-state index contributed by atoms with van der Waals surface area (Å²) in [5.74, 6) is -1.42. The molecule has 0 spiro atoms. The van der Waals surface area contributed by atoms with E-state index >= 15 is 0 Å². The molecule has 0 aliphatic carbocycles. The lowest BCUT2D eigenvalue weighted by Crippen LogP contribution is -2.33. The Morgan fingerprint density at radius 1 is 1.53 bits per heavy atom. The third-order valence-corrected chi connectivity index (χ3v) is 3.88. The zero-order chi connectivity index (χ0) is 14.0. The Balaban J connectivity index is 2.25. The van der Waals surface area contributed by atoms with Gasteiger partial charge in [0.25, 0.3) is 5.91 Å². The van der Waals surface area contributed by atoms with Crippen molar-refractivity contribution in [1.29, 1.82) is 0 Å². The second-order valence-corrected chi connectivity index (χ2v) is 5.75. The van der Waals surface area contributed by atoms with Crippen molar-refractivity contribution in [3.63, 3.8) is 0 Å². The molecular weight excluding hydrogens is 282 g/mol. The van der Waals surface area contributed by atoms with Crippen molar-refractivity contribution in [3.05, 3.63) is 40.3 Å². The van der Waals surface area contributed by atoms with E-state index < -0.39 is 12.5 Å². The molecule has 1 aromatic carbocycles. The van der Waals surface area contributed by atoms with Crippen molar-refractivity contribution < 1.29 is 14.7 Å². The average molecular weight is 293 g/mol. The Labute approximate surface area is 120 Å². The Bertz CT molecular complexity index is 595. The normalized spacial score (nSPS) is 17.3. The molecule has 0 saturated carbocycles. The second kappa shape index (κ2) is 5.54. The fourth-order valence-corrected chi connectivity index (χ4v) is 2.94. The van der Waals surface area contributed by atoms with E-state index in [1.807, 2.05) is 31.2 Å². The largest absolute Gasteiger partial charge is 0.480 e. The molecule has 0 unspecified atom stereocenters. The zero-order valence-corrected chi connectivity index (χ0v) is 11.8.